The Labute approximate surface area is 120 Å². The summed E-state index contributed by atoms with van der Waals surface area (Å²) in [6, 6.07) is 3.56. The maximum atomic E-state index is 11.4. The molecule has 0 aromatic heterocycles. The van der Waals surface area contributed by atoms with Crippen LogP contribution >= 0.6 is 15.9 Å². The van der Waals surface area contributed by atoms with Crippen molar-refractivity contribution < 1.29 is 19.4 Å². The first-order valence-corrected chi connectivity index (χ1v) is 6.98. The molecular formula is C14H17BrO4. The summed E-state index contributed by atoms with van der Waals surface area (Å²) in [6.45, 7) is 3.84. The summed E-state index contributed by atoms with van der Waals surface area (Å²) in [5.74, 6) is 0.405. The van der Waals surface area contributed by atoms with Gasteiger partial charge in [0.05, 0.1) is 18.6 Å². The summed E-state index contributed by atoms with van der Waals surface area (Å²) in [7, 11) is 1.57. The van der Waals surface area contributed by atoms with Crippen molar-refractivity contribution in [1.29, 1.82) is 0 Å². The van der Waals surface area contributed by atoms with Crippen LogP contribution in [-0.2, 0) is 10.2 Å². The monoisotopic (exact) mass is 328 g/mol. The van der Waals surface area contributed by atoms with Gasteiger partial charge >= 0.3 is 5.97 Å². The van der Waals surface area contributed by atoms with E-state index in [-0.39, 0.29) is 6.10 Å². The molecule has 0 amide bonds. The van der Waals surface area contributed by atoms with Crippen LogP contribution < -0.4 is 9.47 Å². The minimum atomic E-state index is -0.783. The maximum Gasteiger partial charge on any atom is 0.314 e. The lowest BCUT2D eigenvalue weighted by atomic mass is 9.96. The highest BCUT2D eigenvalue weighted by molar-refractivity contribution is 9.10. The van der Waals surface area contributed by atoms with Crippen molar-refractivity contribution in [2.75, 3.05) is 7.11 Å². The Kier molecular flexibility index (Phi) is 3.76. The van der Waals surface area contributed by atoms with Crippen LogP contribution in [0.15, 0.2) is 16.6 Å². The van der Waals surface area contributed by atoms with Crippen LogP contribution in [0.25, 0.3) is 0 Å². The molecule has 0 unspecified atom stereocenters. The van der Waals surface area contributed by atoms with Crippen LogP contribution in [0.5, 0.6) is 11.5 Å². The van der Waals surface area contributed by atoms with Crippen molar-refractivity contribution in [3.8, 4) is 11.5 Å². The lowest BCUT2D eigenvalue weighted by Gasteiger charge is -2.18. The number of benzene rings is 1. The van der Waals surface area contributed by atoms with Gasteiger partial charge in [-0.15, -0.1) is 0 Å². The number of hydrogen-bond acceptors (Lipinski definition) is 3. The van der Waals surface area contributed by atoms with Gasteiger partial charge in [0.25, 0.3) is 0 Å². The molecule has 104 valence electrons. The molecule has 0 aliphatic heterocycles. The van der Waals surface area contributed by atoms with E-state index >= 15 is 0 Å². The molecule has 19 heavy (non-hydrogen) atoms. The second kappa shape index (κ2) is 5.04. The predicted molar refractivity (Wildman–Crippen MR) is 75.0 cm³/mol. The third-order valence-electron chi connectivity index (χ3n) is 3.29. The third-order valence-corrected chi connectivity index (χ3v) is 3.95. The number of ether oxygens (including phenoxy) is 2. The minimum Gasteiger partial charge on any atom is -0.493 e. The zero-order valence-electron chi connectivity index (χ0n) is 11.2. The fourth-order valence-corrected chi connectivity index (χ4v) is 2.83. The van der Waals surface area contributed by atoms with E-state index in [4.69, 9.17) is 9.47 Å². The van der Waals surface area contributed by atoms with Gasteiger partial charge in [0.15, 0.2) is 11.5 Å². The number of carboxylic acid groups (broad SMARTS) is 1. The van der Waals surface area contributed by atoms with Gasteiger partial charge in [0.2, 0.25) is 0 Å². The van der Waals surface area contributed by atoms with Gasteiger partial charge in [-0.1, -0.05) is 15.9 Å². The van der Waals surface area contributed by atoms with Gasteiger partial charge in [-0.05, 0) is 44.4 Å². The van der Waals surface area contributed by atoms with E-state index in [0.29, 0.717) is 24.3 Å². The second-order valence-corrected chi connectivity index (χ2v) is 5.89. The van der Waals surface area contributed by atoms with Crippen LogP contribution in [-0.4, -0.2) is 24.3 Å². The zero-order chi connectivity index (χ0) is 14.2. The van der Waals surface area contributed by atoms with Crippen LogP contribution in [0.4, 0.5) is 0 Å². The largest absolute Gasteiger partial charge is 0.493 e. The molecule has 0 spiro atoms. The SMILES string of the molecule is COc1cc(Br)c(C2(C(=O)O)CC2)cc1OC(C)C. The van der Waals surface area contributed by atoms with E-state index < -0.39 is 11.4 Å². The molecule has 5 heteroatoms. The van der Waals surface area contributed by atoms with Crippen molar-refractivity contribution in [1.82, 2.24) is 0 Å². The smallest absolute Gasteiger partial charge is 0.314 e. The molecule has 0 bridgehead atoms. The van der Waals surface area contributed by atoms with Crippen molar-refractivity contribution in [3.63, 3.8) is 0 Å². The number of carbonyl (C=O) groups is 1. The first kappa shape index (κ1) is 14.2. The number of methoxy groups -OCH3 is 1. The van der Waals surface area contributed by atoms with E-state index in [2.05, 4.69) is 15.9 Å². The van der Waals surface area contributed by atoms with Gasteiger partial charge in [-0.3, -0.25) is 4.79 Å². The average Bonchev–Trinajstić information content (AvgIpc) is 3.11. The molecule has 1 saturated carbocycles. The summed E-state index contributed by atoms with van der Waals surface area (Å²) >= 11 is 3.43. The zero-order valence-corrected chi connectivity index (χ0v) is 12.8. The second-order valence-electron chi connectivity index (χ2n) is 5.04. The summed E-state index contributed by atoms with van der Waals surface area (Å²) in [5, 5.41) is 9.39. The minimum absolute atomic E-state index is 0.00269. The first-order valence-electron chi connectivity index (χ1n) is 6.19. The molecule has 2 rings (SSSR count). The lowest BCUT2D eigenvalue weighted by Crippen LogP contribution is -2.20. The van der Waals surface area contributed by atoms with Crippen LogP contribution in [0.2, 0.25) is 0 Å². The van der Waals surface area contributed by atoms with Gasteiger partial charge in [0.1, 0.15) is 0 Å². The topological polar surface area (TPSA) is 55.8 Å². The number of carboxylic acids is 1. The van der Waals surface area contributed by atoms with Gasteiger partial charge in [-0.2, -0.15) is 0 Å². The third kappa shape index (κ3) is 2.56. The summed E-state index contributed by atoms with van der Waals surface area (Å²) in [4.78, 5) is 11.4. The Balaban J connectivity index is 2.48. The van der Waals surface area contributed by atoms with Crippen LogP contribution in [0.3, 0.4) is 0 Å². The number of halogens is 1. The Morgan fingerprint density at radius 3 is 2.42 bits per heavy atom. The van der Waals surface area contributed by atoms with E-state index in [0.717, 1.165) is 10.0 Å². The fourth-order valence-electron chi connectivity index (χ4n) is 2.13. The highest BCUT2D eigenvalue weighted by Crippen LogP contribution is 2.52. The number of rotatable bonds is 5. The van der Waals surface area contributed by atoms with E-state index in [1.807, 2.05) is 13.8 Å². The molecule has 1 N–H and O–H groups in total. The molecular weight excluding hydrogens is 312 g/mol. The molecule has 1 aromatic rings. The maximum absolute atomic E-state index is 11.4. The van der Waals surface area contributed by atoms with Crippen LogP contribution in [0.1, 0.15) is 32.3 Å². The standard InChI is InChI=1S/C14H17BrO4/c1-8(2)19-12-6-9(10(15)7-11(12)18-3)14(4-5-14)13(16)17/h6-8H,4-5H2,1-3H3,(H,16,17). The van der Waals surface area contributed by atoms with E-state index in [1.54, 1.807) is 19.2 Å². The van der Waals surface area contributed by atoms with E-state index in [9.17, 15) is 9.90 Å². The van der Waals surface area contributed by atoms with Crippen molar-refractivity contribution in [2.45, 2.75) is 38.2 Å². The van der Waals surface area contributed by atoms with Gasteiger partial charge in [0, 0.05) is 4.47 Å². The van der Waals surface area contributed by atoms with Crippen molar-refractivity contribution in [2.24, 2.45) is 0 Å². The summed E-state index contributed by atoms with van der Waals surface area (Å²) in [5.41, 5.74) is -0.00309. The molecule has 0 saturated heterocycles. The Morgan fingerprint density at radius 1 is 1.37 bits per heavy atom. The quantitative estimate of drug-likeness (QED) is 0.900. The Bertz CT molecular complexity index is 506. The highest BCUT2D eigenvalue weighted by atomic mass is 79.9. The van der Waals surface area contributed by atoms with Gasteiger partial charge in [-0.25, -0.2) is 0 Å². The summed E-state index contributed by atoms with van der Waals surface area (Å²) in [6.07, 6.45) is 1.32. The van der Waals surface area contributed by atoms with Crippen molar-refractivity contribution >= 4 is 21.9 Å². The normalized spacial score (nSPS) is 16.3. The number of aliphatic carboxylic acids is 1. The van der Waals surface area contributed by atoms with Gasteiger partial charge < -0.3 is 14.6 Å². The molecule has 4 nitrogen and oxygen atoms in total. The predicted octanol–water partition coefficient (Wildman–Crippen LogP) is 3.36. The Morgan fingerprint density at radius 2 is 2.00 bits per heavy atom. The molecule has 1 aromatic carbocycles. The molecule has 0 atom stereocenters. The first-order chi connectivity index (χ1) is 8.90. The molecule has 1 aliphatic carbocycles. The fraction of sp³-hybridized carbons (Fsp3) is 0.500. The van der Waals surface area contributed by atoms with E-state index in [1.165, 1.54) is 0 Å². The Hall–Kier alpha value is -1.23. The summed E-state index contributed by atoms with van der Waals surface area (Å²) < 4.78 is 11.7. The van der Waals surface area contributed by atoms with Crippen molar-refractivity contribution in [3.05, 3.63) is 22.2 Å². The molecule has 1 aliphatic rings. The lowest BCUT2D eigenvalue weighted by molar-refractivity contribution is -0.140. The molecule has 1 fully saturated rings. The average molecular weight is 329 g/mol. The molecule has 0 heterocycles. The number of hydrogen-bond donors (Lipinski definition) is 1. The highest BCUT2D eigenvalue weighted by Gasteiger charge is 2.53. The molecule has 0 radical (unpaired) electrons. The van der Waals surface area contributed by atoms with Crippen LogP contribution in [0, 0.1) is 0 Å².